The van der Waals surface area contributed by atoms with Gasteiger partial charge < -0.3 is 19.6 Å². The summed E-state index contributed by atoms with van der Waals surface area (Å²) < 4.78 is 15.8. The van der Waals surface area contributed by atoms with Crippen molar-refractivity contribution in [3.05, 3.63) is 74.1 Å². The van der Waals surface area contributed by atoms with E-state index in [2.05, 4.69) is 0 Å². The van der Waals surface area contributed by atoms with E-state index in [1.165, 1.54) is 0 Å². The largest absolute Gasteiger partial charge is 0.462 e. The third-order valence-electron chi connectivity index (χ3n) is 3.83. The maximum Gasteiger partial charge on any atom is 0.343 e. The molecule has 1 aromatic carbocycles. The molecule has 0 amide bonds. The topological polar surface area (TPSA) is 91.8 Å². The molecule has 2 heterocycles. The quantitative estimate of drug-likeness (QED) is 0.845. The number of hydrogen-bond donors (Lipinski definition) is 1. The molecule has 2 aromatic rings. The Kier molecular flexibility index (Phi) is 4.55. The molecule has 0 unspecified atom stereocenters. The minimum atomic E-state index is -0.767. The van der Waals surface area contributed by atoms with Crippen molar-refractivity contribution in [2.75, 3.05) is 6.61 Å². The Balaban J connectivity index is 2.26. The van der Waals surface area contributed by atoms with Crippen LogP contribution in [0.5, 0.6) is 5.75 Å². The van der Waals surface area contributed by atoms with Crippen LogP contribution >= 0.6 is 11.6 Å². The predicted octanol–water partition coefficient (Wildman–Crippen LogP) is 2.86. The third kappa shape index (κ3) is 3.13. The molecular weight excluding hydrogens is 346 g/mol. The number of fused-ring (bicyclic) bond motifs is 1. The first kappa shape index (κ1) is 17.1. The standard InChI is InChI=1S/C18H16ClNO5/c1-3-23-17(21)15-13(10-4-6-11(19)7-5-10)14-12(25-16(15)20)8-9(2)24-18(14)22/h4-8,13H,3,20H2,1-2H3/t13-/m0/s1. The number of carbonyl (C=O) groups excluding carboxylic acids is 1. The fourth-order valence-electron chi connectivity index (χ4n) is 2.81. The number of carbonyl (C=O) groups is 1. The normalized spacial score (nSPS) is 16.2. The second kappa shape index (κ2) is 6.64. The van der Waals surface area contributed by atoms with Crippen molar-refractivity contribution in [2.24, 2.45) is 5.73 Å². The molecule has 6 nitrogen and oxygen atoms in total. The molecule has 2 N–H and O–H groups in total. The number of halogens is 1. The number of ether oxygens (including phenoxy) is 2. The second-order valence-electron chi connectivity index (χ2n) is 5.51. The molecule has 1 aliphatic heterocycles. The molecule has 0 radical (unpaired) electrons. The van der Waals surface area contributed by atoms with E-state index in [4.69, 9.17) is 31.2 Å². The maximum atomic E-state index is 12.5. The fraction of sp³-hybridized carbons (Fsp3) is 0.222. The summed E-state index contributed by atoms with van der Waals surface area (Å²) in [6.45, 7) is 3.47. The van der Waals surface area contributed by atoms with Crippen molar-refractivity contribution in [1.29, 1.82) is 0 Å². The van der Waals surface area contributed by atoms with Gasteiger partial charge in [0.2, 0.25) is 5.88 Å². The number of benzene rings is 1. The maximum absolute atomic E-state index is 12.5. The third-order valence-corrected chi connectivity index (χ3v) is 4.09. The predicted molar refractivity (Wildman–Crippen MR) is 91.5 cm³/mol. The first-order valence-corrected chi connectivity index (χ1v) is 8.05. The molecule has 0 fully saturated rings. The zero-order valence-corrected chi connectivity index (χ0v) is 14.4. The fourth-order valence-corrected chi connectivity index (χ4v) is 2.94. The van der Waals surface area contributed by atoms with Gasteiger partial charge in [-0.1, -0.05) is 23.7 Å². The number of rotatable bonds is 3. The summed E-state index contributed by atoms with van der Waals surface area (Å²) in [4.78, 5) is 24.9. The molecule has 0 saturated heterocycles. The van der Waals surface area contributed by atoms with Gasteiger partial charge in [-0.15, -0.1) is 0 Å². The van der Waals surface area contributed by atoms with Gasteiger partial charge in [-0.05, 0) is 31.5 Å². The van der Waals surface area contributed by atoms with E-state index in [1.807, 2.05) is 0 Å². The Hall–Kier alpha value is -2.73. The Labute approximate surface area is 148 Å². The first-order valence-electron chi connectivity index (χ1n) is 7.67. The molecule has 25 heavy (non-hydrogen) atoms. The smallest absolute Gasteiger partial charge is 0.343 e. The van der Waals surface area contributed by atoms with E-state index in [-0.39, 0.29) is 29.4 Å². The number of esters is 1. The molecule has 1 aliphatic rings. The van der Waals surface area contributed by atoms with Gasteiger partial charge in [-0.2, -0.15) is 0 Å². The van der Waals surface area contributed by atoms with Crippen LogP contribution in [0.2, 0.25) is 5.02 Å². The molecule has 130 valence electrons. The first-order chi connectivity index (χ1) is 11.9. The van der Waals surface area contributed by atoms with E-state index in [0.717, 1.165) is 0 Å². The van der Waals surface area contributed by atoms with E-state index < -0.39 is 17.5 Å². The summed E-state index contributed by atoms with van der Waals surface area (Å²) in [6.07, 6.45) is 0. The summed E-state index contributed by atoms with van der Waals surface area (Å²) in [6, 6.07) is 8.33. The highest BCUT2D eigenvalue weighted by atomic mass is 35.5. The van der Waals surface area contributed by atoms with Crippen LogP contribution in [0.3, 0.4) is 0 Å². The van der Waals surface area contributed by atoms with Gasteiger partial charge >= 0.3 is 11.6 Å². The van der Waals surface area contributed by atoms with Crippen molar-refractivity contribution in [1.82, 2.24) is 0 Å². The molecule has 0 aliphatic carbocycles. The summed E-state index contributed by atoms with van der Waals surface area (Å²) in [5, 5.41) is 0.529. The molecule has 1 aromatic heterocycles. The van der Waals surface area contributed by atoms with Gasteiger partial charge in [0.05, 0.1) is 18.1 Å². The average Bonchev–Trinajstić information content (AvgIpc) is 2.54. The lowest BCUT2D eigenvalue weighted by molar-refractivity contribution is -0.139. The lowest BCUT2D eigenvalue weighted by Gasteiger charge is -2.27. The van der Waals surface area contributed by atoms with E-state index >= 15 is 0 Å². The van der Waals surface area contributed by atoms with Crippen molar-refractivity contribution in [3.8, 4) is 5.75 Å². The van der Waals surface area contributed by atoms with Gasteiger partial charge in [0, 0.05) is 11.1 Å². The van der Waals surface area contributed by atoms with Gasteiger partial charge in [0.1, 0.15) is 17.1 Å². The monoisotopic (exact) mass is 361 g/mol. The van der Waals surface area contributed by atoms with Gasteiger partial charge in [0.25, 0.3) is 0 Å². The highest BCUT2D eigenvalue weighted by Gasteiger charge is 2.38. The van der Waals surface area contributed by atoms with Crippen LogP contribution in [0.1, 0.15) is 29.7 Å². The Morgan fingerprint density at radius 1 is 1.32 bits per heavy atom. The van der Waals surface area contributed by atoms with Gasteiger partial charge in [-0.3, -0.25) is 0 Å². The zero-order valence-electron chi connectivity index (χ0n) is 13.7. The molecular formula is C18H16ClNO5. The van der Waals surface area contributed by atoms with Crippen molar-refractivity contribution in [3.63, 3.8) is 0 Å². The lowest BCUT2D eigenvalue weighted by atomic mass is 9.84. The summed E-state index contributed by atoms with van der Waals surface area (Å²) in [5.74, 6) is -0.872. The van der Waals surface area contributed by atoms with Crippen LogP contribution in [-0.2, 0) is 9.53 Å². The average molecular weight is 362 g/mol. The summed E-state index contributed by atoms with van der Waals surface area (Å²) in [7, 11) is 0. The van der Waals surface area contributed by atoms with Crippen molar-refractivity contribution in [2.45, 2.75) is 19.8 Å². The molecule has 0 spiro atoms. The minimum absolute atomic E-state index is 0.0628. The SMILES string of the molecule is CCOC(=O)C1=C(N)Oc2cc(C)oc(=O)c2[C@@H]1c1ccc(Cl)cc1. The Morgan fingerprint density at radius 2 is 2.00 bits per heavy atom. The summed E-state index contributed by atoms with van der Waals surface area (Å²) in [5.41, 5.74) is 6.30. The van der Waals surface area contributed by atoms with E-state index in [0.29, 0.717) is 16.3 Å². The number of aryl methyl sites for hydroxylation is 1. The highest BCUT2D eigenvalue weighted by Crippen LogP contribution is 2.41. The zero-order chi connectivity index (χ0) is 18.1. The molecule has 1 atom stereocenters. The van der Waals surface area contributed by atoms with Crippen LogP contribution in [0.15, 0.2) is 51.0 Å². The van der Waals surface area contributed by atoms with Crippen LogP contribution in [0.25, 0.3) is 0 Å². The molecule has 3 rings (SSSR count). The molecule has 0 saturated carbocycles. The number of hydrogen-bond acceptors (Lipinski definition) is 6. The van der Waals surface area contributed by atoms with Gasteiger partial charge in [0.15, 0.2) is 0 Å². The van der Waals surface area contributed by atoms with Crippen LogP contribution in [-0.4, -0.2) is 12.6 Å². The summed E-state index contributed by atoms with van der Waals surface area (Å²) >= 11 is 5.95. The second-order valence-corrected chi connectivity index (χ2v) is 5.94. The minimum Gasteiger partial charge on any atom is -0.462 e. The Bertz CT molecular complexity index is 914. The van der Waals surface area contributed by atoms with Crippen molar-refractivity contribution < 1.29 is 18.7 Å². The van der Waals surface area contributed by atoms with Crippen LogP contribution < -0.4 is 16.1 Å². The van der Waals surface area contributed by atoms with Gasteiger partial charge in [-0.25, -0.2) is 9.59 Å². The molecule has 7 heteroatoms. The Morgan fingerprint density at radius 3 is 2.64 bits per heavy atom. The lowest BCUT2D eigenvalue weighted by Crippen LogP contribution is -2.31. The molecule has 0 bridgehead atoms. The van der Waals surface area contributed by atoms with Crippen LogP contribution in [0.4, 0.5) is 0 Å². The van der Waals surface area contributed by atoms with Crippen molar-refractivity contribution >= 4 is 17.6 Å². The highest BCUT2D eigenvalue weighted by molar-refractivity contribution is 6.30. The van der Waals surface area contributed by atoms with Crippen LogP contribution in [0, 0.1) is 6.92 Å². The van der Waals surface area contributed by atoms with E-state index in [9.17, 15) is 9.59 Å². The van der Waals surface area contributed by atoms with E-state index in [1.54, 1.807) is 44.2 Å². The number of nitrogens with two attached hydrogens (primary N) is 1.